The van der Waals surface area contributed by atoms with Crippen LogP contribution in [0.1, 0.15) is 10.4 Å². The number of carbonyl (C=O) groups excluding carboxylic acids is 1. The lowest BCUT2D eigenvalue weighted by atomic mass is 9.79. The zero-order chi connectivity index (χ0) is 14.7. The highest BCUT2D eigenvalue weighted by Crippen LogP contribution is 2.22. The molecule has 0 fully saturated rings. The summed E-state index contributed by atoms with van der Waals surface area (Å²) in [6.45, 7) is 0. The maximum atomic E-state index is 13.7. The number of nitrogens with one attached hydrogen (secondary N) is 1. The van der Waals surface area contributed by atoms with Crippen molar-refractivity contribution in [3.8, 4) is 0 Å². The lowest BCUT2D eigenvalue weighted by molar-refractivity contribution is 0.102. The lowest BCUT2D eigenvalue weighted by Crippen LogP contribution is -2.31. The van der Waals surface area contributed by atoms with Gasteiger partial charge in [-0.1, -0.05) is 18.2 Å². The predicted molar refractivity (Wildman–Crippen MR) is 78.3 cm³/mol. The summed E-state index contributed by atoms with van der Waals surface area (Å²) in [5.41, 5.74) is 0.280. The minimum absolute atomic E-state index is 0.0451. The van der Waals surface area contributed by atoms with Crippen molar-refractivity contribution in [2.45, 2.75) is 0 Å². The topological polar surface area (TPSA) is 69.6 Å². The highest BCUT2D eigenvalue weighted by Gasteiger charge is 2.18. The minimum Gasteiger partial charge on any atom is -0.423 e. The van der Waals surface area contributed by atoms with Crippen molar-refractivity contribution in [1.29, 1.82) is 0 Å². The molecule has 0 atom stereocenters. The van der Waals surface area contributed by atoms with Crippen molar-refractivity contribution in [2.24, 2.45) is 0 Å². The number of anilines is 1. The average Bonchev–Trinajstić information content (AvgIpc) is 2.41. The van der Waals surface area contributed by atoms with Crippen LogP contribution in [0.15, 0.2) is 46.9 Å². The molecule has 2 aromatic carbocycles. The molecule has 0 radical (unpaired) electrons. The van der Waals surface area contributed by atoms with Gasteiger partial charge < -0.3 is 15.4 Å². The summed E-state index contributed by atoms with van der Waals surface area (Å²) in [5.74, 6) is -1.41. The molecule has 0 saturated heterocycles. The number of hydrogen-bond acceptors (Lipinski definition) is 3. The van der Waals surface area contributed by atoms with E-state index in [0.29, 0.717) is 10.2 Å². The molecule has 3 N–H and O–H groups in total. The van der Waals surface area contributed by atoms with Gasteiger partial charge >= 0.3 is 7.12 Å². The smallest absolute Gasteiger partial charge is 0.423 e. The van der Waals surface area contributed by atoms with Gasteiger partial charge in [0.25, 0.3) is 5.91 Å². The summed E-state index contributed by atoms with van der Waals surface area (Å²) in [6.07, 6.45) is 0. The van der Waals surface area contributed by atoms with Crippen molar-refractivity contribution in [3.63, 3.8) is 0 Å². The molecule has 7 heteroatoms. The molecule has 2 rings (SSSR count). The first-order chi connectivity index (χ1) is 9.49. The standard InChI is InChI=1S/C13H10BBrFNO3/c15-10-3-1-2-4-12(10)17-13(18)9-7-8(14(19)20)5-6-11(9)16/h1-7,19-20H,(H,17,18). The largest absolute Gasteiger partial charge is 0.488 e. The Balaban J connectivity index is 2.30. The third kappa shape index (κ3) is 3.25. The van der Waals surface area contributed by atoms with Gasteiger partial charge in [-0.15, -0.1) is 0 Å². The molecule has 0 bridgehead atoms. The normalized spacial score (nSPS) is 10.2. The van der Waals surface area contributed by atoms with E-state index in [1.165, 1.54) is 6.07 Å². The van der Waals surface area contributed by atoms with Crippen LogP contribution in [0.2, 0.25) is 0 Å². The third-order valence-corrected chi connectivity index (χ3v) is 3.35. The zero-order valence-corrected chi connectivity index (χ0v) is 11.8. The monoisotopic (exact) mass is 337 g/mol. The Morgan fingerprint density at radius 2 is 1.90 bits per heavy atom. The molecule has 0 unspecified atom stereocenters. The van der Waals surface area contributed by atoms with E-state index in [2.05, 4.69) is 21.2 Å². The molecule has 0 aliphatic carbocycles. The number of carbonyl (C=O) groups is 1. The highest BCUT2D eigenvalue weighted by molar-refractivity contribution is 9.10. The van der Waals surface area contributed by atoms with Gasteiger partial charge in [0.2, 0.25) is 0 Å². The second kappa shape index (κ2) is 6.17. The van der Waals surface area contributed by atoms with E-state index in [1.54, 1.807) is 24.3 Å². The number of hydrogen-bond donors (Lipinski definition) is 3. The van der Waals surface area contributed by atoms with Crippen molar-refractivity contribution in [1.82, 2.24) is 0 Å². The third-order valence-electron chi connectivity index (χ3n) is 2.66. The number of rotatable bonds is 3. The summed E-state index contributed by atoms with van der Waals surface area (Å²) >= 11 is 3.27. The van der Waals surface area contributed by atoms with Crippen LogP contribution >= 0.6 is 15.9 Å². The van der Waals surface area contributed by atoms with Crippen LogP contribution in [-0.2, 0) is 0 Å². The van der Waals surface area contributed by atoms with Gasteiger partial charge in [0.1, 0.15) is 5.82 Å². The fraction of sp³-hybridized carbons (Fsp3) is 0. The quantitative estimate of drug-likeness (QED) is 0.744. The van der Waals surface area contributed by atoms with Crippen LogP contribution in [0.4, 0.5) is 10.1 Å². The zero-order valence-electron chi connectivity index (χ0n) is 10.2. The molecule has 0 aliphatic rings. The van der Waals surface area contributed by atoms with Crippen LogP contribution in [0.5, 0.6) is 0 Å². The molecule has 2 aromatic rings. The summed E-state index contributed by atoms with van der Waals surface area (Å²) in [4.78, 5) is 12.0. The van der Waals surface area contributed by atoms with E-state index in [0.717, 1.165) is 12.1 Å². The van der Waals surface area contributed by atoms with Crippen LogP contribution in [0.25, 0.3) is 0 Å². The van der Waals surface area contributed by atoms with E-state index in [-0.39, 0.29) is 11.0 Å². The Hall–Kier alpha value is -1.70. The molecule has 4 nitrogen and oxygen atoms in total. The SMILES string of the molecule is O=C(Nc1ccccc1Br)c1cc(B(O)O)ccc1F. The van der Waals surface area contributed by atoms with E-state index in [1.807, 2.05) is 0 Å². The Morgan fingerprint density at radius 1 is 1.20 bits per heavy atom. The van der Waals surface area contributed by atoms with Crippen LogP contribution < -0.4 is 10.8 Å². The van der Waals surface area contributed by atoms with Gasteiger partial charge in [0.15, 0.2) is 0 Å². The lowest BCUT2D eigenvalue weighted by Gasteiger charge is -2.09. The second-order valence-electron chi connectivity index (χ2n) is 4.05. The first kappa shape index (κ1) is 14.7. The molecular formula is C13H10BBrFNO3. The van der Waals surface area contributed by atoms with E-state index in [9.17, 15) is 9.18 Å². The summed E-state index contributed by atoms with van der Waals surface area (Å²) in [5, 5.41) is 20.6. The summed E-state index contributed by atoms with van der Waals surface area (Å²) < 4.78 is 14.3. The van der Waals surface area contributed by atoms with Gasteiger partial charge in [-0.05, 0) is 45.7 Å². The van der Waals surface area contributed by atoms with Gasteiger partial charge in [-0.3, -0.25) is 4.79 Å². The minimum atomic E-state index is -1.76. The van der Waals surface area contributed by atoms with Gasteiger partial charge in [0.05, 0.1) is 11.3 Å². The molecule has 20 heavy (non-hydrogen) atoms. The summed E-state index contributed by atoms with van der Waals surface area (Å²) in [6, 6.07) is 10.2. The van der Waals surface area contributed by atoms with Gasteiger partial charge in [-0.25, -0.2) is 4.39 Å². The number of benzene rings is 2. The second-order valence-corrected chi connectivity index (χ2v) is 4.90. The first-order valence-electron chi connectivity index (χ1n) is 5.70. The Labute approximate surface area is 123 Å². The first-order valence-corrected chi connectivity index (χ1v) is 6.50. The van der Waals surface area contributed by atoms with Crippen molar-refractivity contribution >= 4 is 40.1 Å². The van der Waals surface area contributed by atoms with Crippen molar-refractivity contribution in [2.75, 3.05) is 5.32 Å². The fourth-order valence-electron chi connectivity index (χ4n) is 1.63. The van der Waals surface area contributed by atoms with Crippen LogP contribution in [-0.4, -0.2) is 23.1 Å². The van der Waals surface area contributed by atoms with Crippen LogP contribution in [0, 0.1) is 5.82 Å². The Kier molecular flexibility index (Phi) is 4.54. The van der Waals surface area contributed by atoms with E-state index < -0.39 is 18.8 Å². The molecule has 102 valence electrons. The molecule has 0 spiro atoms. The Morgan fingerprint density at radius 3 is 2.55 bits per heavy atom. The van der Waals surface area contributed by atoms with Gasteiger partial charge in [-0.2, -0.15) is 0 Å². The van der Waals surface area contributed by atoms with Crippen molar-refractivity contribution < 1.29 is 19.2 Å². The number of para-hydroxylation sites is 1. The fourth-order valence-corrected chi connectivity index (χ4v) is 2.01. The van der Waals surface area contributed by atoms with Crippen LogP contribution in [0.3, 0.4) is 0 Å². The molecule has 0 saturated carbocycles. The maximum absolute atomic E-state index is 13.7. The molecular weight excluding hydrogens is 328 g/mol. The number of amides is 1. The highest BCUT2D eigenvalue weighted by atomic mass is 79.9. The molecule has 0 heterocycles. The summed E-state index contributed by atoms with van der Waals surface area (Å²) in [7, 11) is -1.76. The molecule has 1 amide bonds. The van der Waals surface area contributed by atoms with E-state index >= 15 is 0 Å². The van der Waals surface area contributed by atoms with E-state index in [4.69, 9.17) is 10.0 Å². The molecule has 0 aliphatic heterocycles. The average molecular weight is 338 g/mol. The van der Waals surface area contributed by atoms with Gasteiger partial charge in [0, 0.05) is 4.47 Å². The maximum Gasteiger partial charge on any atom is 0.488 e. The molecule has 0 aromatic heterocycles. The number of halogens is 2. The van der Waals surface area contributed by atoms with Crippen molar-refractivity contribution in [3.05, 3.63) is 58.3 Å². The Bertz CT molecular complexity index is 651. The predicted octanol–water partition coefficient (Wildman–Crippen LogP) is 1.52.